The van der Waals surface area contributed by atoms with Gasteiger partial charge in [-0.1, -0.05) is 32.4 Å². The van der Waals surface area contributed by atoms with E-state index in [1.807, 2.05) is 12.3 Å². The summed E-state index contributed by atoms with van der Waals surface area (Å²) in [6, 6.07) is 6.19. The van der Waals surface area contributed by atoms with E-state index in [9.17, 15) is 4.79 Å². The second-order valence-corrected chi connectivity index (χ2v) is 5.37. The second-order valence-electron chi connectivity index (χ2n) is 5.37. The number of hydrogen-bond donors (Lipinski definition) is 1. The highest BCUT2D eigenvalue weighted by molar-refractivity contribution is 6.09. The largest absolute Gasteiger partial charge is 0.360 e. The van der Waals surface area contributed by atoms with Gasteiger partial charge in [0.1, 0.15) is 0 Å². The Labute approximate surface area is 108 Å². The number of aromatic amines is 1. The van der Waals surface area contributed by atoms with Gasteiger partial charge < -0.3 is 4.98 Å². The molecule has 2 aromatic rings. The van der Waals surface area contributed by atoms with E-state index in [4.69, 9.17) is 0 Å². The number of fused-ring (bicyclic) bond motifs is 1. The van der Waals surface area contributed by atoms with Crippen LogP contribution in [-0.4, -0.2) is 10.8 Å². The zero-order valence-corrected chi connectivity index (χ0v) is 11.6. The number of hydrogen-bond acceptors (Lipinski definition) is 1. The standard InChI is InChI=1S/C16H21NO/c1-5-12(10(2)3)16(18)14-9-17-15-7-6-11(4)8-13(14)15/h6-10,12,17H,5H2,1-4H3. The van der Waals surface area contributed by atoms with Gasteiger partial charge in [0.05, 0.1) is 0 Å². The minimum atomic E-state index is 0.115. The molecule has 18 heavy (non-hydrogen) atoms. The van der Waals surface area contributed by atoms with Crippen LogP contribution in [0.15, 0.2) is 24.4 Å². The molecule has 1 N–H and O–H groups in total. The molecule has 0 fully saturated rings. The van der Waals surface area contributed by atoms with Crippen LogP contribution in [0.1, 0.15) is 43.1 Å². The van der Waals surface area contributed by atoms with Gasteiger partial charge in [0.25, 0.3) is 0 Å². The monoisotopic (exact) mass is 243 g/mol. The topological polar surface area (TPSA) is 32.9 Å². The average Bonchev–Trinajstić information content (AvgIpc) is 2.71. The van der Waals surface area contributed by atoms with Crippen molar-refractivity contribution in [2.24, 2.45) is 11.8 Å². The molecule has 96 valence electrons. The molecule has 1 heterocycles. The molecule has 1 atom stereocenters. The fraction of sp³-hybridized carbons (Fsp3) is 0.438. The molecule has 0 radical (unpaired) electrons. The highest BCUT2D eigenvalue weighted by atomic mass is 16.1. The summed E-state index contributed by atoms with van der Waals surface area (Å²) in [5, 5.41) is 1.05. The summed E-state index contributed by atoms with van der Waals surface area (Å²) >= 11 is 0. The number of nitrogens with one attached hydrogen (secondary N) is 1. The number of benzene rings is 1. The van der Waals surface area contributed by atoms with Gasteiger partial charge in [-0.3, -0.25) is 4.79 Å². The predicted octanol–water partition coefficient (Wildman–Crippen LogP) is 4.34. The smallest absolute Gasteiger partial charge is 0.168 e. The third-order valence-corrected chi connectivity index (χ3v) is 3.68. The maximum atomic E-state index is 12.6. The zero-order valence-electron chi connectivity index (χ0n) is 11.6. The number of ketones is 1. The van der Waals surface area contributed by atoms with E-state index < -0.39 is 0 Å². The van der Waals surface area contributed by atoms with Crippen molar-refractivity contribution in [3.63, 3.8) is 0 Å². The van der Waals surface area contributed by atoms with Gasteiger partial charge in [-0.25, -0.2) is 0 Å². The Balaban J connectivity index is 2.47. The fourth-order valence-corrected chi connectivity index (χ4v) is 2.60. The van der Waals surface area contributed by atoms with Gasteiger partial charge in [-0.05, 0) is 31.4 Å². The number of Topliss-reactive ketones (excluding diaryl/α,β-unsaturated/α-hetero) is 1. The number of carbonyl (C=O) groups is 1. The van der Waals surface area contributed by atoms with E-state index in [-0.39, 0.29) is 11.7 Å². The summed E-state index contributed by atoms with van der Waals surface area (Å²) in [5.74, 6) is 0.770. The van der Waals surface area contributed by atoms with Gasteiger partial charge in [-0.15, -0.1) is 0 Å². The van der Waals surface area contributed by atoms with Gasteiger partial charge in [0, 0.05) is 28.6 Å². The van der Waals surface area contributed by atoms with E-state index in [0.717, 1.165) is 22.9 Å². The Bertz CT molecular complexity index is 565. The molecule has 0 saturated heterocycles. The molecular formula is C16H21NO. The summed E-state index contributed by atoms with van der Waals surface area (Å²) in [5.41, 5.74) is 3.07. The molecule has 1 aromatic heterocycles. The summed E-state index contributed by atoms with van der Waals surface area (Å²) < 4.78 is 0. The zero-order chi connectivity index (χ0) is 13.3. The van der Waals surface area contributed by atoms with Crippen molar-refractivity contribution < 1.29 is 4.79 Å². The van der Waals surface area contributed by atoms with Gasteiger partial charge in [0.15, 0.2) is 5.78 Å². The van der Waals surface area contributed by atoms with Crippen LogP contribution in [0, 0.1) is 18.8 Å². The van der Waals surface area contributed by atoms with E-state index in [2.05, 4.69) is 44.8 Å². The lowest BCUT2D eigenvalue weighted by Gasteiger charge is -2.17. The van der Waals surface area contributed by atoms with Gasteiger partial charge >= 0.3 is 0 Å². The van der Waals surface area contributed by atoms with Crippen LogP contribution < -0.4 is 0 Å². The summed E-state index contributed by atoms with van der Waals surface area (Å²) in [4.78, 5) is 15.8. The van der Waals surface area contributed by atoms with Crippen molar-refractivity contribution in [3.05, 3.63) is 35.5 Å². The van der Waals surface area contributed by atoms with Crippen LogP contribution in [0.4, 0.5) is 0 Å². The summed E-state index contributed by atoms with van der Waals surface area (Å²) in [7, 11) is 0. The third kappa shape index (κ3) is 2.20. The molecular weight excluding hydrogens is 222 g/mol. The summed E-state index contributed by atoms with van der Waals surface area (Å²) in [6.45, 7) is 8.38. The lowest BCUT2D eigenvalue weighted by atomic mass is 9.86. The molecule has 2 nitrogen and oxygen atoms in total. The minimum absolute atomic E-state index is 0.115. The van der Waals surface area contributed by atoms with E-state index >= 15 is 0 Å². The van der Waals surface area contributed by atoms with Gasteiger partial charge in [-0.2, -0.15) is 0 Å². The first kappa shape index (κ1) is 12.9. The number of H-pyrrole nitrogens is 1. The maximum Gasteiger partial charge on any atom is 0.168 e. The van der Waals surface area contributed by atoms with E-state index in [1.165, 1.54) is 5.56 Å². The Hall–Kier alpha value is -1.57. The Morgan fingerprint density at radius 1 is 1.33 bits per heavy atom. The molecule has 0 spiro atoms. The maximum absolute atomic E-state index is 12.6. The Kier molecular flexibility index (Phi) is 3.55. The minimum Gasteiger partial charge on any atom is -0.360 e. The first-order valence-electron chi connectivity index (χ1n) is 6.66. The van der Waals surface area contributed by atoms with Crippen LogP contribution >= 0.6 is 0 Å². The van der Waals surface area contributed by atoms with Gasteiger partial charge in [0.2, 0.25) is 0 Å². The van der Waals surface area contributed by atoms with E-state index in [1.54, 1.807) is 0 Å². The van der Waals surface area contributed by atoms with E-state index in [0.29, 0.717) is 5.92 Å². The average molecular weight is 243 g/mol. The molecule has 1 unspecified atom stereocenters. The highest BCUT2D eigenvalue weighted by Gasteiger charge is 2.23. The van der Waals surface area contributed by atoms with Crippen molar-refractivity contribution in [1.29, 1.82) is 0 Å². The molecule has 0 saturated carbocycles. The second kappa shape index (κ2) is 4.97. The van der Waals surface area contributed by atoms with Crippen LogP contribution in [0.5, 0.6) is 0 Å². The third-order valence-electron chi connectivity index (χ3n) is 3.68. The molecule has 1 aromatic carbocycles. The van der Waals surface area contributed by atoms with Crippen molar-refractivity contribution in [2.45, 2.75) is 34.1 Å². The summed E-state index contributed by atoms with van der Waals surface area (Å²) in [6.07, 6.45) is 2.76. The number of aryl methyl sites for hydroxylation is 1. The normalized spacial score (nSPS) is 13.2. The molecule has 0 amide bonds. The molecule has 2 rings (SSSR count). The SMILES string of the molecule is CCC(C(=O)c1c[nH]c2ccc(C)cc12)C(C)C. The van der Waals surface area contributed by atoms with Crippen LogP contribution in [0.3, 0.4) is 0 Å². The molecule has 0 aliphatic carbocycles. The van der Waals surface area contributed by atoms with Crippen molar-refractivity contribution in [1.82, 2.24) is 4.98 Å². The number of carbonyl (C=O) groups excluding carboxylic acids is 1. The Morgan fingerprint density at radius 3 is 2.67 bits per heavy atom. The highest BCUT2D eigenvalue weighted by Crippen LogP contribution is 2.26. The fourth-order valence-electron chi connectivity index (χ4n) is 2.60. The van der Waals surface area contributed by atoms with Crippen molar-refractivity contribution in [2.75, 3.05) is 0 Å². The van der Waals surface area contributed by atoms with Crippen molar-refractivity contribution in [3.8, 4) is 0 Å². The van der Waals surface area contributed by atoms with Crippen LogP contribution in [-0.2, 0) is 0 Å². The van der Waals surface area contributed by atoms with Crippen LogP contribution in [0.2, 0.25) is 0 Å². The molecule has 2 heteroatoms. The lowest BCUT2D eigenvalue weighted by Crippen LogP contribution is -2.19. The van der Waals surface area contributed by atoms with Crippen molar-refractivity contribution >= 4 is 16.7 Å². The number of rotatable bonds is 4. The predicted molar refractivity (Wildman–Crippen MR) is 76.0 cm³/mol. The van der Waals surface area contributed by atoms with Crippen LogP contribution in [0.25, 0.3) is 10.9 Å². The first-order valence-corrected chi connectivity index (χ1v) is 6.66. The molecule has 0 bridgehead atoms. The Morgan fingerprint density at radius 2 is 2.06 bits per heavy atom. The number of aromatic nitrogens is 1. The molecule has 0 aliphatic heterocycles. The lowest BCUT2D eigenvalue weighted by molar-refractivity contribution is 0.0883. The quantitative estimate of drug-likeness (QED) is 0.796. The first-order chi connectivity index (χ1) is 8.54. The molecule has 0 aliphatic rings.